The van der Waals surface area contributed by atoms with E-state index < -0.39 is 0 Å². The van der Waals surface area contributed by atoms with E-state index in [0.29, 0.717) is 5.69 Å². The van der Waals surface area contributed by atoms with Gasteiger partial charge in [0.1, 0.15) is 5.75 Å². The molecule has 19 heavy (non-hydrogen) atoms. The summed E-state index contributed by atoms with van der Waals surface area (Å²) in [6.45, 7) is 0.0799. The van der Waals surface area contributed by atoms with Gasteiger partial charge in [0.15, 0.2) is 0 Å². The maximum absolute atomic E-state index is 11.9. The van der Waals surface area contributed by atoms with Crippen molar-refractivity contribution in [2.45, 2.75) is 0 Å². The fraction of sp³-hybridized carbons (Fsp3) is 0.250. The Balaban J connectivity index is 2.15. The molecule has 1 aromatic rings. The molecule has 0 radical (unpaired) electrons. The summed E-state index contributed by atoms with van der Waals surface area (Å²) in [5.74, 6) is -0.622. The van der Waals surface area contributed by atoms with Crippen LogP contribution in [0, 0.1) is 0 Å². The van der Waals surface area contributed by atoms with Gasteiger partial charge in [-0.2, -0.15) is 0 Å². The van der Waals surface area contributed by atoms with Gasteiger partial charge in [0.05, 0.1) is 24.6 Å². The Hall–Kier alpha value is -2.15. The zero-order chi connectivity index (χ0) is 14.0. The number of imide groups is 1. The molecular formula is C12H13N3O3S. The Morgan fingerprint density at radius 2 is 1.95 bits per heavy atom. The lowest BCUT2D eigenvalue weighted by Crippen LogP contribution is -2.55. The standard InChI is InChI=1S/C12H13N3O3S/c13-10(19)5-15-11(17)6-14(7-12(15)18)8-2-1-3-9(16)4-8/h1-4,16H,5-7H2,(H2,13,19). The number of aromatic hydroxyl groups is 1. The fourth-order valence-corrected chi connectivity index (χ4v) is 2.03. The number of hydrogen-bond donors (Lipinski definition) is 2. The van der Waals surface area contributed by atoms with Gasteiger partial charge in [-0.25, -0.2) is 0 Å². The molecule has 1 fully saturated rings. The van der Waals surface area contributed by atoms with Gasteiger partial charge in [-0.05, 0) is 12.1 Å². The minimum absolute atomic E-state index is 0.0269. The topological polar surface area (TPSA) is 86.9 Å². The smallest absolute Gasteiger partial charge is 0.249 e. The number of nitrogens with two attached hydrogens (primary N) is 1. The van der Waals surface area contributed by atoms with Crippen LogP contribution in [0.1, 0.15) is 0 Å². The predicted octanol–water partition coefficient (Wildman–Crippen LogP) is -0.147. The Bertz CT molecular complexity index is 529. The highest BCUT2D eigenvalue weighted by Gasteiger charge is 2.31. The van der Waals surface area contributed by atoms with Crippen molar-refractivity contribution in [2.24, 2.45) is 5.73 Å². The zero-order valence-corrected chi connectivity index (χ0v) is 10.9. The molecule has 100 valence electrons. The number of nitrogens with zero attached hydrogens (tertiary/aromatic N) is 2. The van der Waals surface area contributed by atoms with Crippen LogP contribution in [-0.4, -0.2) is 46.4 Å². The minimum atomic E-state index is -0.354. The molecule has 0 bridgehead atoms. The summed E-state index contributed by atoms with van der Waals surface area (Å²) in [5, 5.41) is 9.41. The Morgan fingerprint density at radius 3 is 2.47 bits per heavy atom. The average Bonchev–Trinajstić information content (AvgIpc) is 2.33. The summed E-state index contributed by atoms with van der Waals surface area (Å²) >= 11 is 4.71. The monoisotopic (exact) mass is 279 g/mol. The third-order valence-electron chi connectivity index (χ3n) is 2.76. The van der Waals surface area contributed by atoms with Crippen LogP contribution in [0.5, 0.6) is 5.75 Å². The number of phenols is 1. The van der Waals surface area contributed by atoms with E-state index in [0.717, 1.165) is 4.90 Å². The number of carbonyl (C=O) groups is 2. The second kappa shape index (κ2) is 5.23. The normalized spacial score (nSPS) is 15.8. The summed E-state index contributed by atoms with van der Waals surface area (Å²) in [6.07, 6.45) is 0. The number of thiocarbonyl (C=S) groups is 1. The highest BCUT2D eigenvalue weighted by molar-refractivity contribution is 7.80. The number of benzene rings is 1. The van der Waals surface area contributed by atoms with Crippen molar-refractivity contribution in [3.63, 3.8) is 0 Å². The number of piperazine rings is 1. The predicted molar refractivity (Wildman–Crippen MR) is 73.8 cm³/mol. The van der Waals surface area contributed by atoms with Gasteiger partial charge in [-0.1, -0.05) is 18.3 Å². The van der Waals surface area contributed by atoms with Crippen LogP contribution in [0.25, 0.3) is 0 Å². The van der Waals surface area contributed by atoms with Crippen molar-refractivity contribution < 1.29 is 14.7 Å². The first-order valence-corrected chi connectivity index (χ1v) is 6.03. The first kappa shape index (κ1) is 13.3. The first-order chi connectivity index (χ1) is 8.97. The van der Waals surface area contributed by atoms with Crippen LogP contribution in [-0.2, 0) is 9.59 Å². The molecule has 2 amide bonds. The Morgan fingerprint density at radius 1 is 1.32 bits per heavy atom. The molecule has 1 saturated heterocycles. The summed E-state index contributed by atoms with van der Waals surface area (Å²) in [6, 6.07) is 6.41. The fourth-order valence-electron chi connectivity index (χ4n) is 1.90. The summed E-state index contributed by atoms with van der Waals surface area (Å²) in [4.78, 5) is 26.5. The molecule has 0 aromatic heterocycles. The van der Waals surface area contributed by atoms with E-state index in [-0.39, 0.29) is 42.2 Å². The van der Waals surface area contributed by atoms with E-state index in [2.05, 4.69) is 0 Å². The summed E-state index contributed by atoms with van der Waals surface area (Å²) < 4.78 is 0. The van der Waals surface area contributed by atoms with E-state index in [1.807, 2.05) is 0 Å². The van der Waals surface area contributed by atoms with Crippen molar-refractivity contribution in [2.75, 3.05) is 24.5 Å². The average molecular weight is 279 g/mol. The number of hydrogen-bond acceptors (Lipinski definition) is 5. The van der Waals surface area contributed by atoms with Crippen molar-refractivity contribution >= 4 is 34.7 Å². The third kappa shape index (κ3) is 3.00. The molecule has 7 heteroatoms. The van der Waals surface area contributed by atoms with Gasteiger partial charge < -0.3 is 15.7 Å². The van der Waals surface area contributed by atoms with Crippen molar-refractivity contribution in [1.82, 2.24) is 4.90 Å². The van der Waals surface area contributed by atoms with E-state index in [9.17, 15) is 14.7 Å². The molecule has 2 rings (SSSR count). The first-order valence-electron chi connectivity index (χ1n) is 5.63. The van der Waals surface area contributed by atoms with Crippen LogP contribution < -0.4 is 10.6 Å². The molecule has 0 aliphatic carbocycles. The van der Waals surface area contributed by atoms with Gasteiger partial charge in [0, 0.05) is 11.8 Å². The molecular weight excluding hydrogens is 266 g/mol. The van der Waals surface area contributed by atoms with Gasteiger partial charge in [0.2, 0.25) is 11.8 Å². The molecule has 3 N–H and O–H groups in total. The maximum Gasteiger partial charge on any atom is 0.249 e. The second-order valence-electron chi connectivity index (χ2n) is 4.22. The Labute approximate surface area is 115 Å². The van der Waals surface area contributed by atoms with Gasteiger partial charge in [0.25, 0.3) is 0 Å². The minimum Gasteiger partial charge on any atom is -0.508 e. The molecule has 1 aliphatic rings. The third-order valence-corrected chi connectivity index (χ3v) is 2.89. The highest BCUT2D eigenvalue weighted by atomic mass is 32.1. The molecule has 1 aliphatic heterocycles. The Kier molecular flexibility index (Phi) is 3.66. The molecule has 0 unspecified atom stereocenters. The summed E-state index contributed by atoms with van der Waals surface area (Å²) in [5.41, 5.74) is 5.97. The number of rotatable bonds is 3. The van der Waals surface area contributed by atoms with Crippen LogP contribution in [0.2, 0.25) is 0 Å². The lowest BCUT2D eigenvalue weighted by Gasteiger charge is -2.33. The van der Waals surface area contributed by atoms with Gasteiger partial charge in [-0.3, -0.25) is 14.5 Å². The number of anilines is 1. The molecule has 0 atom stereocenters. The number of amides is 2. The molecule has 0 spiro atoms. The van der Waals surface area contributed by atoms with E-state index in [1.54, 1.807) is 17.0 Å². The van der Waals surface area contributed by atoms with Gasteiger partial charge >= 0.3 is 0 Å². The van der Waals surface area contributed by atoms with E-state index in [1.165, 1.54) is 12.1 Å². The number of carbonyl (C=O) groups excluding carboxylic acids is 2. The van der Waals surface area contributed by atoms with Crippen LogP contribution >= 0.6 is 12.2 Å². The molecule has 1 heterocycles. The largest absolute Gasteiger partial charge is 0.508 e. The van der Waals surface area contributed by atoms with Crippen LogP contribution in [0.15, 0.2) is 24.3 Å². The van der Waals surface area contributed by atoms with Crippen molar-refractivity contribution in [3.8, 4) is 5.75 Å². The van der Waals surface area contributed by atoms with Crippen LogP contribution in [0.4, 0.5) is 5.69 Å². The van der Waals surface area contributed by atoms with E-state index >= 15 is 0 Å². The zero-order valence-electron chi connectivity index (χ0n) is 10.1. The SMILES string of the molecule is NC(=S)CN1C(=O)CN(c2cccc(O)c2)CC1=O. The quantitative estimate of drug-likeness (QED) is 0.591. The van der Waals surface area contributed by atoms with Crippen LogP contribution in [0.3, 0.4) is 0 Å². The maximum atomic E-state index is 11.9. The van der Waals surface area contributed by atoms with Crippen molar-refractivity contribution in [1.29, 1.82) is 0 Å². The summed E-state index contributed by atoms with van der Waals surface area (Å²) in [7, 11) is 0. The highest BCUT2D eigenvalue weighted by Crippen LogP contribution is 2.21. The van der Waals surface area contributed by atoms with Crippen molar-refractivity contribution in [3.05, 3.63) is 24.3 Å². The van der Waals surface area contributed by atoms with E-state index in [4.69, 9.17) is 18.0 Å². The number of phenolic OH excluding ortho intramolecular Hbond substituents is 1. The lowest BCUT2D eigenvalue weighted by molar-refractivity contribution is -0.144. The molecule has 0 saturated carbocycles. The second-order valence-corrected chi connectivity index (χ2v) is 4.74. The van der Waals surface area contributed by atoms with Gasteiger partial charge in [-0.15, -0.1) is 0 Å². The molecule has 1 aromatic carbocycles. The lowest BCUT2D eigenvalue weighted by atomic mass is 10.2. The molecule has 6 nitrogen and oxygen atoms in total.